The van der Waals surface area contributed by atoms with Crippen LogP contribution in [0.3, 0.4) is 0 Å². The van der Waals surface area contributed by atoms with Crippen LogP contribution >= 0.6 is 11.6 Å². The van der Waals surface area contributed by atoms with Crippen LogP contribution in [0.1, 0.15) is 44.0 Å². The molecular weight excluding hydrogens is 722 g/mol. The van der Waals surface area contributed by atoms with Crippen LogP contribution < -0.4 is 0 Å². The SMILES string of the molecule is COC(=O)c1ccc2nc(CCl)n(Cc3nc4ccccc4[nH]3)c2c1.COC(=O)c1ccc2nc(CN3CCOCC3)n(Cc3nc4ccccc4[nH]3)c2c1. The zero-order valence-electron chi connectivity index (χ0n) is 30.3. The van der Waals surface area contributed by atoms with Crippen molar-refractivity contribution in [3.63, 3.8) is 0 Å². The zero-order chi connectivity index (χ0) is 37.9. The summed E-state index contributed by atoms with van der Waals surface area (Å²) in [6.07, 6.45) is 0. The maximum absolute atomic E-state index is 12.1. The van der Waals surface area contributed by atoms with E-state index in [2.05, 4.69) is 29.4 Å². The van der Waals surface area contributed by atoms with E-state index in [0.717, 1.165) is 93.7 Å². The first-order valence-electron chi connectivity index (χ1n) is 17.8. The molecule has 0 spiro atoms. The van der Waals surface area contributed by atoms with Crippen LogP contribution in [0.25, 0.3) is 44.1 Å². The average molecular weight is 760 g/mol. The van der Waals surface area contributed by atoms with E-state index in [1.165, 1.54) is 14.2 Å². The van der Waals surface area contributed by atoms with Gasteiger partial charge < -0.3 is 33.3 Å². The second-order valence-corrected chi connectivity index (χ2v) is 13.3. The Balaban J connectivity index is 0.000000158. The molecule has 0 bridgehead atoms. The first-order valence-corrected chi connectivity index (χ1v) is 18.3. The normalized spacial score (nSPS) is 13.4. The number of fused-ring (bicyclic) bond motifs is 4. The van der Waals surface area contributed by atoms with Crippen LogP contribution in [0.15, 0.2) is 84.9 Å². The number of carbonyl (C=O) groups is 2. The molecule has 2 N–H and O–H groups in total. The Labute approximate surface area is 320 Å². The van der Waals surface area contributed by atoms with Crippen LogP contribution in [0, 0.1) is 0 Å². The van der Waals surface area contributed by atoms with Gasteiger partial charge in [0.25, 0.3) is 0 Å². The number of halogens is 1. The van der Waals surface area contributed by atoms with E-state index in [0.29, 0.717) is 30.8 Å². The van der Waals surface area contributed by atoms with Crippen molar-refractivity contribution in [3.05, 3.63) is 119 Å². The number of rotatable bonds is 9. The monoisotopic (exact) mass is 759 g/mol. The van der Waals surface area contributed by atoms with Crippen molar-refractivity contribution in [3.8, 4) is 0 Å². The summed E-state index contributed by atoms with van der Waals surface area (Å²) in [4.78, 5) is 51.7. The number of aromatic nitrogens is 8. The summed E-state index contributed by atoms with van der Waals surface area (Å²) in [5, 5.41) is 0. The number of H-pyrrole nitrogens is 2. The Morgan fingerprint density at radius 3 is 1.64 bits per heavy atom. The van der Waals surface area contributed by atoms with E-state index in [1.54, 1.807) is 24.3 Å². The highest BCUT2D eigenvalue weighted by molar-refractivity contribution is 6.17. The largest absolute Gasteiger partial charge is 0.465 e. The lowest BCUT2D eigenvalue weighted by Gasteiger charge is -2.26. The van der Waals surface area contributed by atoms with Gasteiger partial charge in [-0.15, -0.1) is 11.6 Å². The Hall–Kier alpha value is -6.09. The quantitative estimate of drug-likeness (QED) is 0.131. The lowest BCUT2D eigenvalue weighted by molar-refractivity contribution is 0.0327. The molecule has 1 fully saturated rings. The molecule has 55 heavy (non-hydrogen) atoms. The van der Waals surface area contributed by atoms with E-state index >= 15 is 0 Å². The fraction of sp³-hybridized carbons (Fsp3) is 0.250. The minimum absolute atomic E-state index is 0.266. The van der Waals surface area contributed by atoms with Gasteiger partial charge in [0.2, 0.25) is 0 Å². The number of morpholine rings is 1. The minimum atomic E-state index is -0.384. The molecule has 1 aliphatic heterocycles. The topological polar surface area (TPSA) is 158 Å². The summed E-state index contributed by atoms with van der Waals surface area (Å²) >= 11 is 6.07. The van der Waals surface area contributed by atoms with Gasteiger partial charge in [-0.3, -0.25) is 4.90 Å². The predicted molar refractivity (Wildman–Crippen MR) is 208 cm³/mol. The fourth-order valence-corrected chi connectivity index (χ4v) is 7.03. The number of benzene rings is 4. The molecule has 15 heteroatoms. The van der Waals surface area contributed by atoms with Crippen LogP contribution in [-0.2, 0) is 39.7 Å². The number of methoxy groups -OCH3 is 2. The van der Waals surface area contributed by atoms with E-state index in [9.17, 15) is 9.59 Å². The van der Waals surface area contributed by atoms with E-state index in [4.69, 9.17) is 35.8 Å². The number of esters is 2. The highest BCUT2D eigenvalue weighted by atomic mass is 35.5. The number of hydrogen-bond acceptors (Lipinski definition) is 10. The smallest absolute Gasteiger partial charge is 0.337 e. The fourth-order valence-electron chi connectivity index (χ4n) is 6.83. The molecular formula is C40H38ClN9O5. The molecule has 0 saturated carbocycles. The summed E-state index contributed by atoms with van der Waals surface area (Å²) in [6.45, 7) is 4.95. The van der Waals surface area contributed by atoms with Gasteiger partial charge in [0.05, 0.1) is 108 Å². The Kier molecular flexibility index (Phi) is 10.3. The molecule has 14 nitrogen and oxygen atoms in total. The number of para-hydroxylation sites is 4. The van der Waals surface area contributed by atoms with Crippen LogP contribution in [0.4, 0.5) is 0 Å². The summed E-state index contributed by atoms with van der Waals surface area (Å²) < 4.78 is 19.3. The Bertz CT molecular complexity index is 2590. The molecule has 4 aromatic carbocycles. The third-order valence-electron chi connectivity index (χ3n) is 9.58. The highest BCUT2D eigenvalue weighted by Crippen LogP contribution is 2.24. The maximum atomic E-state index is 12.1. The highest BCUT2D eigenvalue weighted by Gasteiger charge is 2.20. The molecule has 4 aromatic heterocycles. The van der Waals surface area contributed by atoms with Crippen LogP contribution in [-0.4, -0.2) is 96.4 Å². The first-order chi connectivity index (χ1) is 26.9. The van der Waals surface area contributed by atoms with Crippen molar-refractivity contribution in [1.82, 2.24) is 43.9 Å². The summed E-state index contributed by atoms with van der Waals surface area (Å²) in [5.74, 6) is 2.84. The van der Waals surface area contributed by atoms with Crippen LogP contribution in [0.2, 0.25) is 0 Å². The maximum Gasteiger partial charge on any atom is 0.337 e. The second-order valence-electron chi connectivity index (χ2n) is 13.0. The number of aromatic amines is 2. The molecule has 8 aromatic rings. The zero-order valence-corrected chi connectivity index (χ0v) is 31.0. The number of imidazole rings is 4. The van der Waals surface area contributed by atoms with Gasteiger partial charge in [-0.25, -0.2) is 29.5 Å². The lowest BCUT2D eigenvalue weighted by Crippen LogP contribution is -2.36. The molecule has 280 valence electrons. The van der Waals surface area contributed by atoms with E-state index in [-0.39, 0.29) is 17.8 Å². The van der Waals surface area contributed by atoms with Crippen LogP contribution in [0.5, 0.6) is 0 Å². The minimum Gasteiger partial charge on any atom is -0.465 e. The number of nitrogens with zero attached hydrogens (tertiary/aromatic N) is 7. The number of ether oxygens (including phenoxy) is 3. The number of carbonyl (C=O) groups excluding carboxylic acids is 2. The van der Waals surface area contributed by atoms with Gasteiger partial charge in [0, 0.05) is 13.1 Å². The number of alkyl halides is 1. The van der Waals surface area contributed by atoms with Crippen molar-refractivity contribution in [2.75, 3.05) is 40.5 Å². The molecule has 0 amide bonds. The van der Waals surface area contributed by atoms with Gasteiger partial charge in [0.15, 0.2) is 0 Å². The van der Waals surface area contributed by atoms with Crippen molar-refractivity contribution < 1.29 is 23.8 Å². The number of hydrogen-bond donors (Lipinski definition) is 2. The molecule has 0 radical (unpaired) electrons. The molecule has 9 rings (SSSR count). The molecule has 0 atom stereocenters. The van der Waals surface area contributed by atoms with Crippen molar-refractivity contribution in [2.45, 2.75) is 25.5 Å². The van der Waals surface area contributed by atoms with Crippen molar-refractivity contribution in [1.29, 1.82) is 0 Å². The van der Waals surface area contributed by atoms with Gasteiger partial charge in [-0.05, 0) is 60.7 Å². The van der Waals surface area contributed by atoms with Gasteiger partial charge in [-0.1, -0.05) is 24.3 Å². The Morgan fingerprint density at radius 1 is 0.655 bits per heavy atom. The average Bonchev–Trinajstić information content (AvgIpc) is 4.00. The lowest BCUT2D eigenvalue weighted by atomic mass is 10.2. The molecule has 5 heterocycles. The molecule has 0 unspecified atom stereocenters. The van der Waals surface area contributed by atoms with Gasteiger partial charge >= 0.3 is 11.9 Å². The predicted octanol–water partition coefficient (Wildman–Crippen LogP) is 6.07. The third kappa shape index (κ3) is 7.52. The number of nitrogens with one attached hydrogen (secondary N) is 2. The van der Waals surface area contributed by atoms with Crippen molar-refractivity contribution in [2.24, 2.45) is 0 Å². The van der Waals surface area contributed by atoms with E-state index < -0.39 is 0 Å². The molecule has 1 aliphatic rings. The molecule has 1 saturated heterocycles. The second kappa shape index (κ2) is 15.7. The summed E-state index contributed by atoms with van der Waals surface area (Å²) in [6, 6.07) is 26.6. The van der Waals surface area contributed by atoms with Crippen molar-refractivity contribution >= 4 is 67.7 Å². The first kappa shape index (κ1) is 35.9. The standard InChI is InChI=1S/C22H23N5O3.C18H15ClN4O2/c1-29-22(28)15-6-7-18-19(12-15)27(21(25-18)14-26-8-10-30-11-9-26)13-20-23-16-4-2-3-5-17(16)24-20;1-25-18(24)11-6-7-14-15(8-11)23(17(9-19)22-14)10-16-20-12-4-2-3-5-13(12)21-16/h2-7,12H,8-11,13-14H2,1H3,(H,23,24);2-8H,9-10H2,1H3,(H,20,21). The third-order valence-corrected chi connectivity index (χ3v) is 9.82. The van der Waals surface area contributed by atoms with E-state index in [1.807, 2.05) is 65.2 Å². The Morgan fingerprint density at radius 2 is 1.15 bits per heavy atom. The van der Waals surface area contributed by atoms with Gasteiger partial charge in [-0.2, -0.15) is 0 Å². The summed E-state index contributed by atoms with van der Waals surface area (Å²) in [7, 11) is 2.75. The van der Waals surface area contributed by atoms with Gasteiger partial charge in [0.1, 0.15) is 23.3 Å². The summed E-state index contributed by atoms with van der Waals surface area (Å²) in [5.41, 5.74) is 8.13. The molecule has 0 aliphatic carbocycles.